The van der Waals surface area contributed by atoms with Gasteiger partial charge in [-0.15, -0.1) is 11.3 Å². The van der Waals surface area contributed by atoms with Gasteiger partial charge >= 0.3 is 0 Å². The van der Waals surface area contributed by atoms with Gasteiger partial charge in [0.25, 0.3) is 0 Å². The van der Waals surface area contributed by atoms with Crippen LogP contribution in [0, 0.1) is 13.8 Å². The topological polar surface area (TPSA) is 46.3 Å². The highest BCUT2D eigenvalue weighted by molar-refractivity contribution is 7.13. The molecular formula is C19H20N2O2S. The number of anilines is 1. The largest absolute Gasteiger partial charge is 0.440 e. The van der Waals surface area contributed by atoms with Crippen molar-refractivity contribution in [3.63, 3.8) is 0 Å². The van der Waals surface area contributed by atoms with Gasteiger partial charge in [-0.2, -0.15) is 0 Å². The predicted molar refractivity (Wildman–Crippen MR) is 97.5 cm³/mol. The lowest BCUT2D eigenvalue weighted by Crippen LogP contribution is -2.32. The van der Waals surface area contributed by atoms with E-state index in [2.05, 4.69) is 4.98 Å². The molecule has 1 amide bonds. The molecule has 0 aliphatic heterocycles. The summed E-state index contributed by atoms with van der Waals surface area (Å²) in [6, 6.07) is 11.8. The van der Waals surface area contributed by atoms with Crippen LogP contribution in [-0.4, -0.2) is 17.4 Å². The first-order valence-corrected chi connectivity index (χ1v) is 8.84. The number of aryl methyl sites for hydroxylation is 2. The van der Waals surface area contributed by atoms with Crippen LogP contribution in [0.2, 0.25) is 0 Å². The zero-order valence-electron chi connectivity index (χ0n) is 14.1. The van der Waals surface area contributed by atoms with Crippen LogP contribution < -0.4 is 4.90 Å². The van der Waals surface area contributed by atoms with Crippen molar-refractivity contribution in [2.45, 2.75) is 27.2 Å². The van der Waals surface area contributed by atoms with Crippen LogP contribution in [0.25, 0.3) is 10.8 Å². The normalized spacial score (nSPS) is 10.8. The molecule has 0 atom stereocenters. The molecule has 3 aromatic rings. The Balaban J connectivity index is 1.83. The van der Waals surface area contributed by atoms with E-state index >= 15 is 0 Å². The molecule has 0 fully saturated rings. The number of amides is 1. The molecule has 5 heteroatoms. The predicted octanol–water partition coefficient (Wildman–Crippen LogP) is 4.62. The summed E-state index contributed by atoms with van der Waals surface area (Å²) in [7, 11) is 0. The summed E-state index contributed by atoms with van der Waals surface area (Å²) in [5.41, 5.74) is 2.74. The molecule has 0 saturated heterocycles. The Morgan fingerprint density at radius 2 is 2.00 bits per heavy atom. The number of hydrogen-bond donors (Lipinski definition) is 0. The first-order valence-electron chi connectivity index (χ1n) is 7.96. The number of likely N-dealkylation sites (N-methyl/N-ethyl adjacent to an activating group) is 1. The van der Waals surface area contributed by atoms with Crippen LogP contribution in [0.1, 0.15) is 23.9 Å². The highest BCUT2D eigenvalue weighted by Crippen LogP contribution is 2.27. The summed E-state index contributed by atoms with van der Waals surface area (Å²) in [5, 5.41) is 1.98. The third-order valence-electron chi connectivity index (χ3n) is 3.97. The van der Waals surface area contributed by atoms with Gasteiger partial charge in [0, 0.05) is 12.2 Å². The maximum atomic E-state index is 12.8. The van der Waals surface area contributed by atoms with Gasteiger partial charge in [0.2, 0.25) is 11.8 Å². The Bertz CT molecular complexity index is 837. The average Bonchev–Trinajstić information content (AvgIpc) is 3.20. The van der Waals surface area contributed by atoms with Crippen LogP contribution in [0.3, 0.4) is 0 Å². The zero-order chi connectivity index (χ0) is 17.1. The second-order valence-corrected chi connectivity index (χ2v) is 6.55. The van der Waals surface area contributed by atoms with E-state index in [0.717, 1.165) is 16.1 Å². The third kappa shape index (κ3) is 3.26. The number of carbonyl (C=O) groups excluding carboxylic acids is 1. The van der Waals surface area contributed by atoms with E-state index in [1.165, 1.54) is 0 Å². The molecule has 0 bridgehead atoms. The molecule has 1 aromatic carbocycles. The second kappa shape index (κ2) is 7.01. The molecule has 2 aromatic heterocycles. The Labute approximate surface area is 145 Å². The maximum Gasteiger partial charge on any atom is 0.236 e. The van der Waals surface area contributed by atoms with Crippen molar-refractivity contribution in [2.75, 3.05) is 11.4 Å². The van der Waals surface area contributed by atoms with E-state index in [1.807, 2.05) is 62.5 Å². The van der Waals surface area contributed by atoms with Gasteiger partial charge in [0.15, 0.2) is 0 Å². The SMILES string of the molecule is CCN(C(=O)Cc1nc(-c2cccs2)oc1C)c1ccccc1C. The number of thiophene rings is 1. The van der Waals surface area contributed by atoms with Crippen molar-refractivity contribution in [2.24, 2.45) is 0 Å². The maximum absolute atomic E-state index is 12.8. The number of rotatable bonds is 5. The number of para-hydroxylation sites is 1. The lowest BCUT2D eigenvalue weighted by Gasteiger charge is -2.22. The standard InChI is InChI=1S/C19H20N2O2S/c1-4-21(16-9-6-5-8-13(16)2)18(22)12-15-14(3)23-19(20-15)17-10-7-11-24-17/h5-11H,4,12H2,1-3H3. The van der Waals surface area contributed by atoms with Crippen LogP contribution in [0.4, 0.5) is 5.69 Å². The molecule has 0 aliphatic rings. The fourth-order valence-corrected chi connectivity index (χ4v) is 3.33. The summed E-state index contributed by atoms with van der Waals surface area (Å²) in [6.07, 6.45) is 0.239. The average molecular weight is 340 g/mol. The zero-order valence-corrected chi connectivity index (χ0v) is 14.9. The van der Waals surface area contributed by atoms with Gasteiger partial charge in [0.05, 0.1) is 17.0 Å². The minimum Gasteiger partial charge on any atom is -0.440 e. The fourth-order valence-electron chi connectivity index (χ4n) is 2.68. The highest BCUT2D eigenvalue weighted by atomic mass is 32.1. The highest BCUT2D eigenvalue weighted by Gasteiger charge is 2.20. The van der Waals surface area contributed by atoms with Gasteiger partial charge in [-0.05, 0) is 43.8 Å². The molecule has 3 rings (SSSR count). The minimum atomic E-state index is 0.0286. The van der Waals surface area contributed by atoms with Gasteiger partial charge in [0.1, 0.15) is 5.76 Å². The molecular weight excluding hydrogens is 320 g/mol. The minimum absolute atomic E-state index is 0.0286. The van der Waals surface area contributed by atoms with Gasteiger partial charge < -0.3 is 9.32 Å². The Morgan fingerprint density at radius 1 is 1.21 bits per heavy atom. The molecule has 4 nitrogen and oxygen atoms in total. The van der Waals surface area contributed by atoms with Gasteiger partial charge in [-0.25, -0.2) is 4.98 Å². The fraction of sp³-hybridized carbons (Fsp3) is 0.263. The molecule has 0 N–H and O–H groups in total. The number of nitrogens with zero attached hydrogens (tertiary/aromatic N) is 2. The van der Waals surface area contributed by atoms with Gasteiger partial charge in [-0.1, -0.05) is 24.3 Å². The molecule has 0 spiro atoms. The number of carbonyl (C=O) groups is 1. The summed E-state index contributed by atoms with van der Waals surface area (Å²) >= 11 is 1.57. The van der Waals surface area contributed by atoms with Crippen LogP contribution >= 0.6 is 11.3 Å². The van der Waals surface area contributed by atoms with Crippen LogP contribution in [0.5, 0.6) is 0 Å². The molecule has 0 radical (unpaired) electrons. The Hall–Kier alpha value is -2.40. The van der Waals surface area contributed by atoms with E-state index in [4.69, 9.17) is 4.42 Å². The lowest BCUT2D eigenvalue weighted by molar-refractivity contribution is -0.118. The first kappa shape index (κ1) is 16.5. The molecule has 0 unspecified atom stereocenters. The summed E-state index contributed by atoms with van der Waals surface area (Å²) in [6.45, 7) is 6.48. The molecule has 124 valence electrons. The summed E-state index contributed by atoms with van der Waals surface area (Å²) < 4.78 is 5.73. The van der Waals surface area contributed by atoms with Crippen molar-refractivity contribution >= 4 is 22.9 Å². The summed E-state index contributed by atoms with van der Waals surface area (Å²) in [5.74, 6) is 1.32. The van der Waals surface area contributed by atoms with E-state index in [0.29, 0.717) is 23.9 Å². The molecule has 2 heterocycles. The van der Waals surface area contributed by atoms with Crippen molar-refractivity contribution in [1.29, 1.82) is 0 Å². The monoisotopic (exact) mass is 340 g/mol. The molecule has 24 heavy (non-hydrogen) atoms. The summed E-state index contributed by atoms with van der Waals surface area (Å²) in [4.78, 5) is 20.1. The van der Waals surface area contributed by atoms with Crippen molar-refractivity contribution in [3.8, 4) is 10.8 Å². The Morgan fingerprint density at radius 3 is 2.67 bits per heavy atom. The third-order valence-corrected chi connectivity index (χ3v) is 4.82. The molecule has 0 aliphatic carbocycles. The van der Waals surface area contributed by atoms with E-state index < -0.39 is 0 Å². The number of hydrogen-bond acceptors (Lipinski definition) is 4. The van der Waals surface area contributed by atoms with Gasteiger partial charge in [-0.3, -0.25) is 4.79 Å². The Kier molecular flexibility index (Phi) is 4.81. The van der Waals surface area contributed by atoms with E-state index in [-0.39, 0.29) is 12.3 Å². The second-order valence-electron chi connectivity index (χ2n) is 5.60. The smallest absolute Gasteiger partial charge is 0.236 e. The van der Waals surface area contributed by atoms with Crippen molar-refractivity contribution in [3.05, 3.63) is 58.8 Å². The van der Waals surface area contributed by atoms with Crippen molar-refractivity contribution in [1.82, 2.24) is 4.98 Å². The lowest BCUT2D eigenvalue weighted by atomic mass is 10.1. The van der Waals surface area contributed by atoms with E-state index in [9.17, 15) is 4.79 Å². The first-order chi connectivity index (χ1) is 11.6. The number of oxazole rings is 1. The van der Waals surface area contributed by atoms with Crippen LogP contribution in [-0.2, 0) is 11.2 Å². The van der Waals surface area contributed by atoms with Crippen molar-refractivity contribution < 1.29 is 9.21 Å². The quantitative estimate of drug-likeness (QED) is 0.681. The number of benzene rings is 1. The van der Waals surface area contributed by atoms with E-state index in [1.54, 1.807) is 16.2 Å². The van der Waals surface area contributed by atoms with Crippen LogP contribution in [0.15, 0.2) is 46.2 Å². The molecule has 0 saturated carbocycles. The number of aromatic nitrogens is 1.